The summed E-state index contributed by atoms with van der Waals surface area (Å²) in [5.41, 5.74) is 4.20. The van der Waals surface area contributed by atoms with Crippen LogP contribution >= 0.6 is 11.3 Å². The second-order valence-electron chi connectivity index (χ2n) is 8.61. The smallest absolute Gasteiger partial charge is 0.349 e. The minimum absolute atomic E-state index is 0.142. The molecule has 0 amide bonds. The van der Waals surface area contributed by atoms with E-state index >= 15 is 0 Å². The molecule has 190 valence electrons. The fourth-order valence-electron chi connectivity index (χ4n) is 4.40. The molecule has 5 rings (SSSR count). The van der Waals surface area contributed by atoms with Crippen molar-refractivity contribution in [3.05, 3.63) is 99.2 Å². The summed E-state index contributed by atoms with van der Waals surface area (Å²) in [4.78, 5) is 30.5. The summed E-state index contributed by atoms with van der Waals surface area (Å²) in [6, 6.07) is 20.5. The Morgan fingerprint density at radius 1 is 1.13 bits per heavy atom. The second-order valence-corrected chi connectivity index (χ2v) is 9.62. The zero-order chi connectivity index (χ0) is 26.8. The van der Waals surface area contributed by atoms with Crippen molar-refractivity contribution in [1.29, 1.82) is 5.26 Å². The third-order valence-corrected chi connectivity index (χ3v) is 7.14. The summed E-state index contributed by atoms with van der Waals surface area (Å²) in [5.74, 6) is 0.00809. The predicted molar refractivity (Wildman–Crippen MR) is 147 cm³/mol. The van der Waals surface area contributed by atoms with Crippen LogP contribution in [0.3, 0.4) is 0 Å². The Labute approximate surface area is 222 Å². The van der Waals surface area contributed by atoms with Gasteiger partial charge in [-0.3, -0.25) is 9.20 Å². The van der Waals surface area contributed by atoms with Crippen molar-refractivity contribution in [1.82, 2.24) is 14.0 Å². The number of ether oxygens (including phenoxy) is 2. The van der Waals surface area contributed by atoms with Crippen LogP contribution in [0.1, 0.15) is 29.6 Å². The molecule has 0 saturated heterocycles. The molecule has 0 unspecified atom stereocenters. The summed E-state index contributed by atoms with van der Waals surface area (Å²) < 4.78 is 15.4. The fourth-order valence-corrected chi connectivity index (χ4v) is 5.45. The number of benzene rings is 2. The number of aromatic nitrogens is 3. The third-order valence-electron chi connectivity index (χ3n) is 6.12. The molecule has 0 fully saturated rings. The summed E-state index contributed by atoms with van der Waals surface area (Å²) in [6.07, 6.45) is 1.52. The Balaban J connectivity index is 1.36. The fraction of sp³-hybridized carbons (Fsp3) is 0.172. The van der Waals surface area contributed by atoms with E-state index in [9.17, 15) is 14.9 Å². The van der Waals surface area contributed by atoms with Crippen LogP contribution < -0.4 is 10.3 Å². The van der Waals surface area contributed by atoms with Crippen molar-refractivity contribution < 1.29 is 14.3 Å². The summed E-state index contributed by atoms with van der Waals surface area (Å²) >= 11 is 1.38. The van der Waals surface area contributed by atoms with E-state index in [4.69, 9.17) is 9.47 Å². The van der Waals surface area contributed by atoms with Crippen LogP contribution in [-0.2, 0) is 16.1 Å². The number of rotatable bonds is 7. The van der Waals surface area contributed by atoms with Gasteiger partial charge in [0, 0.05) is 23.1 Å². The molecule has 38 heavy (non-hydrogen) atoms. The van der Waals surface area contributed by atoms with E-state index in [1.165, 1.54) is 27.9 Å². The third kappa shape index (κ3) is 4.69. The summed E-state index contributed by atoms with van der Waals surface area (Å²) in [7, 11) is 0. The molecule has 0 atom stereocenters. The molecule has 0 spiro atoms. The molecule has 0 bridgehead atoms. The number of nitriles is 1. The quantitative estimate of drug-likeness (QED) is 0.161. The number of thiazole rings is 1. The van der Waals surface area contributed by atoms with Gasteiger partial charge in [-0.05, 0) is 74.9 Å². The van der Waals surface area contributed by atoms with E-state index in [0.717, 1.165) is 38.6 Å². The van der Waals surface area contributed by atoms with Crippen molar-refractivity contribution in [3.63, 3.8) is 0 Å². The summed E-state index contributed by atoms with van der Waals surface area (Å²) in [5, 5.41) is 9.68. The highest BCUT2D eigenvalue weighted by Crippen LogP contribution is 2.25. The topological polar surface area (TPSA) is 98.6 Å². The van der Waals surface area contributed by atoms with Gasteiger partial charge in [0.15, 0.2) is 4.96 Å². The SMILES string of the molecule is CCOc1ccc(-n2c(C)cc(/C=C(\C#N)C(=O)OCc3cc(=O)n4c(n3)sc3ccccc34)c2C)cc1. The molecular weight excluding hydrogens is 500 g/mol. The molecular formula is C29H24N4O4S. The number of fused-ring (bicyclic) bond motifs is 3. The highest BCUT2D eigenvalue weighted by atomic mass is 32.1. The first kappa shape index (κ1) is 25.0. The van der Waals surface area contributed by atoms with Crippen LogP contribution in [-0.4, -0.2) is 26.5 Å². The lowest BCUT2D eigenvalue weighted by Crippen LogP contribution is -2.15. The van der Waals surface area contributed by atoms with E-state index in [2.05, 4.69) is 4.98 Å². The van der Waals surface area contributed by atoms with Gasteiger partial charge >= 0.3 is 5.97 Å². The van der Waals surface area contributed by atoms with Gasteiger partial charge in [0.25, 0.3) is 5.56 Å². The predicted octanol–water partition coefficient (Wildman–Crippen LogP) is 5.37. The Bertz CT molecular complexity index is 1800. The molecule has 2 aromatic carbocycles. The van der Waals surface area contributed by atoms with Crippen LogP contribution in [0.4, 0.5) is 0 Å². The number of nitrogens with zero attached hydrogens (tertiary/aromatic N) is 4. The number of para-hydroxylation sites is 1. The van der Waals surface area contributed by atoms with Crippen LogP contribution in [0.25, 0.3) is 26.9 Å². The minimum Gasteiger partial charge on any atom is -0.494 e. The Kier molecular flexibility index (Phi) is 6.81. The molecule has 0 aliphatic rings. The number of aryl methyl sites for hydroxylation is 1. The molecule has 5 aromatic rings. The first-order valence-corrected chi connectivity index (χ1v) is 12.8. The number of esters is 1. The van der Waals surface area contributed by atoms with Crippen LogP contribution in [0.2, 0.25) is 0 Å². The normalized spacial score (nSPS) is 11.6. The molecule has 3 heterocycles. The van der Waals surface area contributed by atoms with E-state index in [0.29, 0.717) is 17.3 Å². The number of carbonyl (C=O) groups excluding carboxylic acids is 1. The van der Waals surface area contributed by atoms with Gasteiger partial charge in [-0.1, -0.05) is 23.5 Å². The van der Waals surface area contributed by atoms with Crippen LogP contribution in [0.5, 0.6) is 5.75 Å². The van der Waals surface area contributed by atoms with Gasteiger partial charge in [0.05, 0.1) is 22.5 Å². The van der Waals surface area contributed by atoms with Gasteiger partial charge < -0.3 is 14.0 Å². The van der Waals surface area contributed by atoms with Crippen molar-refractivity contribution in [2.75, 3.05) is 6.61 Å². The maximum atomic E-state index is 12.8. The highest BCUT2D eigenvalue weighted by Gasteiger charge is 2.16. The maximum Gasteiger partial charge on any atom is 0.349 e. The largest absolute Gasteiger partial charge is 0.494 e. The van der Waals surface area contributed by atoms with Crippen LogP contribution in [0.15, 0.2) is 71.0 Å². The van der Waals surface area contributed by atoms with Gasteiger partial charge in [0.1, 0.15) is 24.0 Å². The van der Waals surface area contributed by atoms with Crippen molar-refractivity contribution >= 4 is 38.6 Å². The van der Waals surface area contributed by atoms with E-state index in [1.54, 1.807) is 0 Å². The average Bonchev–Trinajstić information content (AvgIpc) is 3.42. The molecule has 0 N–H and O–H groups in total. The average molecular weight is 525 g/mol. The molecule has 0 aliphatic heterocycles. The van der Waals surface area contributed by atoms with Gasteiger partial charge in [-0.15, -0.1) is 0 Å². The molecule has 0 aliphatic carbocycles. The highest BCUT2D eigenvalue weighted by molar-refractivity contribution is 7.23. The lowest BCUT2D eigenvalue weighted by molar-refractivity contribution is -0.139. The van der Waals surface area contributed by atoms with E-state index in [-0.39, 0.29) is 17.7 Å². The lowest BCUT2D eigenvalue weighted by Gasteiger charge is -2.11. The Morgan fingerprint density at radius 2 is 1.89 bits per heavy atom. The van der Waals surface area contributed by atoms with Crippen molar-refractivity contribution in [2.24, 2.45) is 0 Å². The maximum absolute atomic E-state index is 12.8. The molecule has 3 aromatic heterocycles. The van der Waals surface area contributed by atoms with Crippen LogP contribution in [0, 0.1) is 25.2 Å². The Hall–Kier alpha value is -4.68. The van der Waals surface area contributed by atoms with E-state index in [1.807, 2.05) is 86.0 Å². The molecule has 9 heteroatoms. The monoisotopic (exact) mass is 524 g/mol. The standard InChI is InChI=1S/C29H24N4O4S/c1-4-36-24-11-9-23(10-12-24)32-18(2)13-20(19(32)3)14-21(16-30)28(35)37-17-22-15-27(34)33-25-7-5-6-8-26(25)38-29(33)31-22/h5-15H,4,17H2,1-3H3/b21-14+. The first-order chi connectivity index (χ1) is 18.4. The number of carbonyl (C=O) groups is 1. The number of hydrogen-bond donors (Lipinski definition) is 0. The van der Waals surface area contributed by atoms with Gasteiger partial charge in [0.2, 0.25) is 0 Å². The first-order valence-electron chi connectivity index (χ1n) is 12.0. The Morgan fingerprint density at radius 3 is 2.63 bits per heavy atom. The summed E-state index contributed by atoms with van der Waals surface area (Å²) in [6.45, 7) is 6.19. The molecule has 0 radical (unpaired) electrons. The van der Waals surface area contributed by atoms with Gasteiger partial charge in [-0.2, -0.15) is 5.26 Å². The molecule has 0 saturated carbocycles. The van der Waals surface area contributed by atoms with Gasteiger partial charge in [-0.25, -0.2) is 9.78 Å². The number of hydrogen-bond acceptors (Lipinski definition) is 7. The van der Waals surface area contributed by atoms with Crippen molar-refractivity contribution in [3.8, 4) is 17.5 Å². The lowest BCUT2D eigenvalue weighted by atomic mass is 10.1. The molecule has 8 nitrogen and oxygen atoms in total. The zero-order valence-corrected chi connectivity index (χ0v) is 21.9. The van der Waals surface area contributed by atoms with E-state index < -0.39 is 5.97 Å². The second kappa shape index (κ2) is 10.4. The van der Waals surface area contributed by atoms with Crippen molar-refractivity contribution in [2.45, 2.75) is 27.4 Å². The zero-order valence-electron chi connectivity index (χ0n) is 21.1. The minimum atomic E-state index is -0.781.